The highest BCUT2D eigenvalue weighted by atomic mass is 32.2. The Labute approximate surface area is 123 Å². The molecule has 2 aromatic carbocycles. The lowest BCUT2D eigenvalue weighted by molar-refractivity contribution is 0.0827. The van der Waals surface area contributed by atoms with Crippen LogP contribution in [0.15, 0.2) is 53.4 Å². The first-order valence-corrected chi connectivity index (χ1v) is 7.27. The number of carbonyl (C=O) groups is 1. The fourth-order valence-corrected chi connectivity index (χ4v) is 2.60. The van der Waals surface area contributed by atoms with Gasteiger partial charge in [-0.2, -0.15) is 0 Å². The van der Waals surface area contributed by atoms with Crippen LogP contribution in [-0.4, -0.2) is 30.0 Å². The van der Waals surface area contributed by atoms with E-state index in [0.29, 0.717) is 5.56 Å². The van der Waals surface area contributed by atoms with E-state index in [1.54, 1.807) is 42.9 Å². The van der Waals surface area contributed by atoms with Crippen LogP contribution >= 0.6 is 11.8 Å². The molecule has 4 heteroatoms. The van der Waals surface area contributed by atoms with E-state index in [4.69, 9.17) is 0 Å². The first-order chi connectivity index (χ1) is 9.56. The van der Waals surface area contributed by atoms with Crippen molar-refractivity contribution in [1.82, 2.24) is 4.90 Å². The summed E-state index contributed by atoms with van der Waals surface area (Å²) in [5.74, 6) is 1.08. The molecule has 0 saturated carbocycles. The second-order valence-corrected chi connectivity index (χ2v) is 5.73. The number of carbonyl (C=O) groups excluding carboxylic acids is 1. The summed E-state index contributed by atoms with van der Waals surface area (Å²) in [7, 11) is 3.50. The van der Waals surface area contributed by atoms with Gasteiger partial charge in [-0.1, -0.05) is 12.1 Å². The van der Waals surface area contributed by atoms with Crippen molar-refractivity contribution in [1.29, 1.82) is 0 Å². The fourth-order valence-electron chi connectivity index (χ4n) is 1.76. The molecule has 3 nitrogen and oxygen atoms in total. The third-order valence-corrected chi connectivity index (χ3v) is 3.91. The number of nitrogens with zero attached hydrogens (tertiary/aromatic N) is 1. The predicted molar refractivity (Wildman–Crippen MR) is 82.1 cm³/mol. The summed E-state index contributed by atoms with van der Waals surface area (Å²) in [4.78, 5) is 14.6. The van der Waals surface area contributed by atoms with E-state index >= 15 is 0 Å². The van der Waals surface area contributed by atoms with Gasteiger partial charge in [0.15, 0.2) is 0 Å². The van der Waals surface area contributed by atoms with Crippen LogP contribution < -0.4 is 0 Å². The van der Waals surface area contributed by atoms with Gasteiger partial charge in [0.05, 0.1) is 0 Å². The van der Waals surface area contributed by atoms with Crippen LogP contribution in [0.3, 0.4) is 0 Å². The second kappa shape index (κ2) is 6.48. The molecule has 104 valence electrons. The monoisotopic (exact) mass is 287 g/mol. The standard InChI is InChI=1S/C16H17NO2S/c1-17(2)16(19)13-5-3-4-12(10-13)11-20-15-8-6-14(18)7-9-15/h3-10,18H,11H2,1-2H3. The molecule has 20 heavy (non-hydrogen) atoms. The average Bonchev–Trinajstić information content (AvgIpc) is 2.46. The number of hydrogen-bond acceptors (Lipinski definition) is 3. The van der Waals surface area contributed by atoms with Gasteiger partial charge in [-0.25, -0.2) is 0 Å². The maximum absolute atomic E-state index is 11.9. The first kappa shape index (κ1) is 14.5. The topological polar surface area (TPSA) is 40.5 Å². The summed E-state index contributed by atoms with van der Waals surface area (Å²) < 4.78 is 0. The molecule has 0 aliphatic rings. The van der Waals surface area contributed by atoms with E-state index in [-0.39, 0.29) is 11.7 Å². The highest BCUT2D eigenvalue weighted by Crippen LogP contribution is 2.24. The molecule has 0 fully saturated rings. The van der Waals surface area contributed by atoms with Gasteiger partial charge in [-0.3, -0.25) is 4.79 Å². The quantitative estimate of drug-likeness (QED) is 0.876. The Kier molecular flexibility index (Phi) is 4.69. The summed E-state index contributed by atoms with van der Waals surface area (Å²) >= 11 is 1.68. The molecule has 0 aliphatic carbocycles. The molecule has 0 aromatic heterocycles. The number of phenols is 1. The van der Waals surface area contributed by atoms with Crippen LogP contribution in [0, 0.1) is 0 Å². The number of hydrogen-bond donors (Lipinski definition) is 1. The van der Waals surface area contributed by atoms with E-state index in [1.165, 1.54) is 0 Å². The Bertz CT molecular complexity index is 594. The average molecular weight is 287 g/mol. The van der Waals surface area contributed by atoms with Crippen molar-refractivity contribution in [3.05, 3.63) is 59.7 Å². The Balaban J connectivity index is 2.05. The number of phenolic OH excluding ortho intramolecular Hbond substituents is 1. The summed E-state index contributed by atoms with van der Waals surface area (Å²) in [5.41, 5.74) is 1.81. The van der Waals surface area contributed by atoms with Crippen molar-refractivity contribution in [3.8, 4) is 5.75 Å². The largest absolute Gasteiger partial charge is 0.508 e. The van der Waals surface area contributed by atoms with Crippen molar-refractivity contribution in [2.24, 2.45) is 0 Å². The molecule has 1 amide bonds. The molecule has 0 atom stereocenters. The predicted octanol–water partition coefficient (Wildman–Crippen LogP) is 3.39. The number of amides is 1. The normalized spacial score (nSPS) is 10.3. The van der Waals surface area contributed by atoms with Gasteiger partial charge in [0.25, 0.3) is 5.91 Å². The number of thioether (sulfide) groups is 1. The summed E-state index contributed by atoms with van der Waals surface area (Å²) in [5, 5.41) is 9.24. The minimum atomic E-state index is 0.0153. The molecule has 0 heterocycles. The Hall–Kier alpha value is -1.94. The van der Waals surface area contributed by atoms with Gasteiger partial charge in [-0.15, -0.1) is 11.8 Å². The molecule has 0 radical (unpaired) electrons. The van der Waals surface area contributed by atoms with Crippen LogP contribution in [0.1, 0.15) is 15.9 Å². The molecule has 0 saturated heterocycles. The van der Waals surface area contributed by atoms with Gasteiger partial charge < -0.3 is 10.0 Å². The van der Waals surface area contributed by atoms with Gasteiger partial charge in [0, 0.05) is 30.3 Å². The van der Waals surface area contributed by atoms with E-state index < -0.39 is 0 Å². The van der Waals surface area contributed by atoms with Gasteiger partial charge in [0.1, 0.15) is 5.75 Å². The van der Waals surface area contributed by atoms with E-state index in [2.05, 4.69) is 0 Å². The fraction of sp³-hybridized carbons (Fsp3) is 0.188. The molecule has 0 spiro atoms. The highest BCUT2D eigenvalue weighted by molar-refractivity contribution is 7.98. The van der Waals surface area contributed by atoms with E-state index in [0.717, 1.165) is 16.2 Å². The Morgan fingerprint density at radius 3 is 2.50 bits per heavy atom. The van der Waals surface area contributed by atoms with Gasteiger partial charge in [0.2, 0.25) is 0 Å². The summed E-state index contributed by atoms with van der Waals surface area (Å²) in [6, 6.07) is 14.8. The lowest BCUT2D eigenvalue weighted by Gasteiger charge is -2.11. The molecule has 0 unspecified atom stereocenters. The van der Waals surface area contributed by atoms with E-state index in [9.17, 15) is 9.90 Å². The zero-order valence-corrected chi connectivity index (χ0v) is 12.4. The zero-order chi connectivity index (χ0) is 14.5. The van der Waals surface area contributed by atoms with Crippen molar-refractivity contribution in [3.63, 3.8) is 0 Å². The molecule has 0 bridgehead atoms. The SMILES string of the molecule is CN(C)C(=O)c1cccc(CSc2ccc(O)cc2)c1. The third-order valence-electron chi connectivity index (χ3n) is 2.82. The second-order valence-electron chi connectivity index (χ2n) is 4.68. The maximum Gasteiger partial charge on any atom is 0.253 e. The van der Waals surface area contributed by atoms with Crippen LogP contribution in [0.2, 0.25) is 0 Å². The van der Waals surface area contributed by atoms with Crippen molar-refractivity contribution < 1.29 is 9.90 Å². The van der Waals surface area contributed by atoms with Gasteiger partial charge in [-0.05, 0) is 42.0 Å². The van der Waals surface area contributed by atoms with Gasteiger partial charge >= 0.3 is 0 Å². The third kappa shape index (κ3) is 3.78. The van der Waals surface area contributed by atoms with Crippen LogP contribution in [0.25, 0.3) is 0 Å². The van der Waals surface area contributed by atoms with Crippen LogP contribution in [0.5, 0.6) is 5.75 Å². The molecular weight excluding hydrogens is 270 g/mol. The molecule has 0 aliphatic heterocycles. The number of benzene rings is 2. The number of aromatic hydroxyl groups is 1. The molecule has 2 aromatic rings. The Morgan fingerprint density at radius 2 is 1.85 bits per heavy atom. The van der Waals surface area contributed by atoms with Crippen molar-refractivity contribution in [2.75, 3.05) is 14.1 Å². The molecular formula is C16H17NO2S. The highest BCUT2D eigenvalue weighted by Gasteiger charge is 2.08. The van der Waals surface area contributed by atoms with Crippen molar-refractivity contribution in [2.45, 2.75) is 10.6 Å². The number of rotatable bonds is 4. The molecule has 1 N–H and O–H groups in total. The van der Waals surface area contributed by atoms with Crippen LogP contribution in [-0.2, 0) is 5.75 Å². The summed E-state index contributed by atoms with van der Waals surface area (Å²) in [6.45, 7) is 0. The van der Waals surface area contributed by atoms with Crippen LogP contribution in [0.4, 0.5) is 0 Å². The van der Waals surface area contributed by atoms with E-state index in [1.807, 2.05) is 36.4 Å². The first-order valence-electron chi connectivity index (χ1n) is 6.28. The van der Waals surface area contributed by atoms with Crippen molar-refractivity contribution >= 4 is 17.7 Å². The lowest BCUT2D eigenvalue weighted by Crippen LogP contribution is -2.21. The summed E-state index contributed by atoms with van der Waals surface area (Å²) in [6.07, 6.45) is 0. The Morgan fingerprint density at radius 1 is 1.15 bits per heavy atom. The molecule has 2 rings (SSSR count). The maximum atomic E-state index is 11.9. The lowest BCUT2D eigenvalue weighted by atomic mass is 10.1. The minimum absolute atomic E-state index is 0.0153. The zero-order valence-electron chi connectivity index (χ0n) is 11.5. The smallest absolute Gasteiger partial charge is 0.253 e. The minimum Gasteiger partial charge on any atom is -0.508 e.